The number of hydrogen-bond donors (Lipinski definition) is 1. The Kier molecular flexibility index (Phi) is 3.04. The minimum Gasteiger partial charge on any atom is -0.372 e. The van der Waals surface area contributed by atoms with Crippen LogP contribution >= 0.6 is 15.9 Å². The molecule has 1 heterocycles. The van der Waals surface area contributed by atoms with Gasteiger partial charge >= 0.3 is 0 Å². The molecule has 1 aliphatic carbocycles. The largest absolute Gasteiger partial charge is 0.372 e. The van der Waals surface area contributed by atoms with Crippen LogP contribution in [0.2, 0.25) is 0 Å². The third kappa shape index (κ3) is 2.12. The predicted octanol–water partition coefficient (Wildman–Crippen LogP) is 3.83. The van der Waals surface area contributed by atoms with Gasteiger partial charge in [-0.1, -0.05) is 24.3 Å². The molecular weight excluding hydrogens is 290 g/mol. The number of rotatable bonds is 3. The van der Waals surface area contributed by atoms with E-state index in [1.807, 2.05) is 13.1 Å². The number of hydrogen-bond acceptors (Lipinski definition) is 3. The highest BCUT2D eigenvalue weighted by molar-refractivity contribution is 9.10. The smallest absolute Gasteiger partial charge is 0.161 e. The molecule has 0 atom stereocenters. The standard InChI is InChI=1S/C14H14BrN3/c1-16-14-12(15)8-17-13(18-14)11-5-3-2-4-10(11)9-6-7-9/h2-5,8-9H,6-7H2,1H3,(H,16,17,18). The van der Waals surface area contributed by atoms with E-state index in [0.29, 0.717) is 5.92 Å². The van der Waals surface area contributed by atoms with Gasteiger partial charge in [0, 0.05) is 18.8 Å². The Balaban J connectivity index is 2.09. The van der Waals surface area contributed by atoms with Crippen LogP contribution in [0.5, 0.6) is 0 Å². The summed E-state index contributed by atoms with van der Waals surface area (Å²) in [5, 5.41) is 3.07. The lowest BCUT2D eigenvalue weighted by Gasteiger charge is -2.09. The number of halogens is 1. The van der Waals surface area contributed by atoms with Crippen LogP contribution in [0.25, 0.3) is 11.4 Å². The van der Waals surface area contributed by atoms with E-state index in [9.17, 15) is 0 Å². The van der Waals surface area contributed by atoms with Gasteiger partial charge in [0.05, 0.1) is 4.47 Å². The van der Waals surface area contributed by atoms with Crippen LogP contribution in [0.4, 0.5) is 5.82 Å². The Bertz CT molecular complexity index is 579. The van der Waals surface area contributed by atoms with Crippen LogP contribution < -0.4 is 5.32 Å². The SMILES string of the molecule is CNc1nc(-c2ccccc2C2CC2)ncc1Br. The van der Waals surface area contributed by atoms with Gasteiger partial charge in [0.25, 0.3) is 0 Å². The lowest BCUT2D eigenvalue weighted by atomic mass is 10.0. The molecule has 0 unspecified atom stereocenters. The first kappa shape index (κ1) is 11.7. The number of aromatic nitrogens is 2. The van der Waals surface area contributed by atoms with Gasteiger partial charge in [-0.2, -0.15) is 0 Å². The fourth-order valence-corrected chi connectivity index (χ4v) is 2.51. The van der Waals surface area contributed by atoms with E-state index in [1.165, 1.54) is 18.4 Å². The summed E-state index contributed by atoms with van der Waals surface area (Å²) in [6, 6.07) is 8.44. The zero-order valence-electron chi connectivity index (χ0n) is 10.2. The van der Waals surface area contributed by atoms with Crippen molar-refractivity contribution in [2.75, 3.05) is 12.4 Å². The summed E-state index contributed by atoms with van der Waals surface area (Å²) in [5.74, 6) is 2.32. The first-order chi connectivity index (χ1) is 8.79. The summed E-state index contributed by atoms with van der Waals surface area (Å²) in [6.07, 6.45) is 4.37. The topological polar surface area (TPSA) is 37.8 Å². The van der Waals surface area contributed by atoms with Crippen molar-refractivity contribution in [2.45, 2.75) is 18.8 Å². The summed E-state index contributed by atoms with van der Waals surface area (Å²) in [4.78, 5) is 8.99. The lowest BCUT2D eigenvalue weighted by molar-refractivity contribution is 1.09. The van der Waals surface area contributed by atoms with E-state index in [4.69, 9.17) is 0 Å². The summed E-state index contributed by atoms with van der Waals surface area (Å²) in [7, 11) is 1.86. The van der Waals surface area contributed by atoms with E-state index in [2.05, 4.69) is 49.4 Å². The molecule has 0 bridgehead atoms. The molecule has 4 heteroatoms. The molecular formula is C14H14BrN3. The molecule has 0 amide bonds. The van der Waals surface area contributed by atoms with Crippen molar-refractivity contribution in [3.8, 4) is 11.4 Å². The third-order valence-corrected chi connectivity index (χ3v) is 3.78. The number of nitrogens with one attached hydrogen (secondary N) is 1. The molecule has 1 N–H and O–H groups in total. The maximum atomic E-state index is 4.56. The first-order valence-electron chi connectivity index (χ1n) is 6.09. The minimum atomic E-state index is 0.700. The molecule has 3 nitrogen and oxygen atoms in total. The zero-order chi connectivity index (χ0) is 12.5. The second-order valence-electron chi connectivity index (χ2n) is 4.50. The highest BCUT2D eigenvalue weighted by atomic mass is 79.9. The fourth-order valence-electron chi connectivity index (χ4n) is 2.12. The molecule has 0 spiro atoms. The van der Waals surface area contributed by atoms with Crippen molar-refractivity contribution in [1.29, 1.82) is 0 Å². The van der Waals surface area contributed by atoms with Gasteiger partial charge in [-0.05, 0) is 40.3 Å². The van der Waals surface area contributed by atoms with Crippen molar-refractivity contribution < 1.29 is 0 Å². The van der Waals surface area contributed by atoms with E-state index in [1.54, 1.807) is 6.20 Å². The van der Waals surface area contributed by atoms with Gasteiger partial charge in [-0.3, -0.25) is 0 Å². The molecule has 18 heavy (non-hydrogen) atoms. The number of anilines is 1. The van der Waals surface area contributed by atoms with Crippen LogP contribution in [-0.2, 0) is 0 Å². The van der Waals surface area contributed by atoms with Crippen molar-refractivity contribution in [3.05, 3.63) is 40.5 Å². The normalized spacial score (nSPS) is 14.6. The maximum absolute atomic E-state index is 4.56. The van der Waals surface area contributed by atoms with Gasteiger partial charge in [0.1, 0.15) is 5.82 Å². The van der Waals surface area contributed by atoms with E-state index < -0.39 is 0 Å². The molecule has 0 radical (unpaired) electrons. The van der Waals surface area contributed by atoms with Gasteiger partial charge in [0.15, 0.2) is 5.82 Å². The summed E-state index contributed by atoms with van der Waals surface area (Å²) < 4.78 is 0.887. The second-order valence-corrected chi connectivity index (χ2v) is 5.36. The third-order valence-electron chi connectivity index (χ3n) is 3.20. The maximum Gasteiger partial charge on any atom is 0.161 e. The molecule has 1 aromatic heterocycles. The van der Waals surface area contributed by atoms with Gasteiger partial charge in [0.2, 0.25) is 0 Å². The van der Waals surface area contributed by atoms with E-state index in [-0.39, 0.29) is 0 Å². The Morgan fingerprint density at radius 2 is 2.06 bits per heavy atom. The van der Waals surface area contributed by atoms with Crippen molar-refractivity contribution in [2.24, 2.45) is 0 Å². The summed E-state index contributed by atoms with van der Waals surface area (Å²) in [6.45, 7) is 0. The molecule has 1 aromatic carbocycles. The highest BCUT2D eigenvalue weighted by Gasteiger charge is 2.26. The van der Waals surface area contributed by atoms with Crippen molar-refractivity contribution in [3.63, 3.8) is 0 Å². The first-order valence-corrected chi connectivity index (χ1v) is 6.88. The van der Waals surface area contributed by atoms with Crippen LogP contribution in [0.3, 0.4) is 0 Å². The summed E-state index contributed by atoms with van der Waals surface area (Å²) >= 11 is 3.44. The minimum absolute atomic E-state index is 0.700. The Morgan fingerprint density at radius 1 is 1.28 bits per heavy atom. The predicted molar refractivity (Wildman–Crippen MR) is 76.7 cm³/mol. The number of benzene rings is 1. The average molecular weight is 304 g/mol. The zero-order valence-corrected chi connectivity index (χ0v) is 11.7. The molecule has 1 saturated carbocycles. The van der Waals surface area contributed by atoms with Crippen LogP contribution in [0.15, 0.2) is 34.9 Å². The van der Waals surface area contributed by atoms with E-state index in [0.717, 1.165) is 21.7 Å². The van der Waals surface area contributed by atoms with Crippen molar-refractivity contribution in [1.82, 2.24) is 9.97 Å². The Hall–Kier alpha value is -1.42. The van der Waals surface area contributed by atoms with Gasteiger partial charge in [-0.15, -0.1) is 0 Å². The van der Waals surface area contributed by atoms with Crippen LogP contribution in [0, 0.1) is 0 Å². The molecule has 2 aromatic rings. The van der Waals surface area contributed by atoms with Gasteiger partial charge < -0.3 is 5.32 Å². The van der Waals surface area contributed by atoms with Crippen LogP contribution in [0.1, 0.15) is 24.3 Å². The molecule has 0 aliphatic heterocycles. The average Bonchev–Trinajstić information content (AvgIpc) is 3.24. The quantitative estimate of drug-likeness (QED) is 0.936. The lowest BCUT2D eigenvalue weighted by Crippen LogP contribution is -1.99. The second kappa shape index (κ2) is 4.69. The highest BCUT2D eigenvalue weighted by Crippen LogP contribution is 2.43. The molecule has 0 saturated heterocycles. The van der Waals surface area contributed by atoms with E-state index >= 15 is 0 Å². The molecule has 1 fully saturated rings. The Labute approximate surface area is 115 Å². The van der Waals surface area contributed by atoms with Crippen LogP contribution in [-0.4, -0.2) is 17.0 Å². The van der Waals surface area contributed by atoms with Gasteiger partial charge in [-0.25, -0.2) is 9.97 Å². The molecule has 3 rings (SSSR count). The summed E-state index contributed by atoms with van der Waals surface area (Å²) in [5.41, 5.74) is 2.53. The fraction of sp³-hybridized carbons (Fsp3) is 0.286. The Morgan fingerprint density at radius 3 is 2.78 bits per heavy atom. The van der Waals surface area contributed by atoms with Crippen molar-refractivity contribution >= 4 is 21.7 Å². The monoisotopic (exact) mass is 303 g/mol. The molecule has 1 aliphatic rings. The number of nitrogens with zero attached hydrogens (tertiary/aromatic N) is 2. The molecule has 92 valence electrons.